The molecule has 0 radical (unpaired) electrons. The zero-order valence-corrected chi connectivity index (χ0v) is 22.5. The Bertz CT molecular complexity index is 1110. The summed E-state index contributed by atoms with van der Waals surface area (Å²) in [5.41, 5.74) is 3.95. The molecule has 3 aromatic carbocycles. The molecule has 1 aliphatic rings. The molecule has 1 aliphatic carbocycles. The van der Waals surface area contributed by atoms with E-state index in [9.17, 15) is 5.11 Å². The number of hydrogen-bond acceptors (Lipinski definition) is 1. The molecule has 0 unspecified atom stereocenters. The van der Waals surface area contributed by atoms with Gasteiger partial charge in [-0.3, -0.25) is 0 Å². The molecule has 1 N–H and O–H groups in total. The van der Waals surface area contributed by atoms with Crippen molar-refractivity contribution in [1.82, 2.24) is 0 Å². The average molecular weight is 483 g/mol. The van der Waals surface area contributed by atoms with Crippen LogP contribution in [0.4, 0.5) is 0 Å². The Labute approximate surface area is 212 Å². The quantitative estimate of drug-likeness (QED) is 0.293. The van der Waals surface area contributed by atoms with E-state index in [2.05, 4.69) is 137 Å². The van der Waals surface area contributed by atoms with Crippen molar-refractivity contribution < 1.29 is 5.11 Å². The molecule has 4 rings (SSSR count). The third-order valence-electron chi connectivity index (χ3n) is 7.52. The second-order valence-electron chi connectivity index (χ2n) is 10.6. The third kappa shape index (κ3) is 5.58. The minimum absolute atomic E-state index is 0.00481. The van der Waals surface area contributed by atoms with E-state index in [-0.39, 0.29) is 11.5 Å². The average Bonchev–Trinajstić information content (AvgIpc) is 2.85. The summed E-state index contributed by atoms with van der Waals surface area (Å²) in [5.74, 6) is 0. The second kappa shape index (κ2) is 10.9. The van der Waals surface area contributed by atoms with Gasteiger partial charge in [0.25, 0.3) is 0 Å². The molecular formula is C33H39OP. The van der Waals surface area contributed by atoms with Gasteiger partial charge in [0.2, 0.25) is 0 Å². The number of benzene rings is 3. The number of rotatable bonds is 7. The first kappa shape index (κ1) is 25.4. The van der Waals surface area contributed by atoms with Crippen LogP contribution >= 0.6 is 7.26 Å². The van der Waals surface area contributed by atoms with Crippen LogP contribution in [-0.2, 0) is 0 Å². The van der Waals surface area contributed by atoms with Crippen LogP contribution in [0, 0.1) is 5.41 Å². The first-order valence-corrected chi connectivity index (χ1v) is 14.9. The second-order valence-corrected chi connectivity index (χ2v) is 14.6. The summed E-state index contributed by atoms with van der Waals surface area (Å²) in [6.45, 7) is 8.88. The van der Waals surface area contributed by atoms with E-state index in [1.165, 1.54) is 32.6 Å². The van der Waals surface area contributed by atoms with Crippen molar-refractivity contribution in [1.29, 1.82) is 0 Å². The van der Waals surface area contributed by atoms with Gasteiger partial charge in [0.05, 0.1) is 0 Å². The molecule has 0 bridgehead atoms. The van der Waals surface area contributed by atoms with Gasteiger partial charge in [-0.15, -0.1) is 0 Å². The summed E-state index contributed by atoms with van der Waals surface area (Å²) in [5, 5.41) is 14.6. The van der Waals surface area contributed by atoms with Gasteiger partial charge in [0.15, 0.2) is 0 Å². The molecule has 182 valence electrons. The molecule has 1 atom stereocenters. The Morgan fingerprint density at radius 3 is 1.74 bits per heavy atom. The summed E-state index contributed by atoms with van der Waals surface area (Å²) in [7, 11) is -2.26. The maximum atomic E-state index is 10.2. The van der Waals surface area contributed by atoms with Crippen molar-refractivity contribution >= 4 is 23.2 Å². The fraction of sp³-hybridized carbons (Fsp3) is 0.273. The van der Waals surface area contributed by atoms with Gasteiger partial charge in [0.1, 0.15) is 0 Å². The Hall–Kier alpha value is -2.73. The number of aliphatic hydroxyl groups excluding tert-OH is 1. The van der Waals surface area contributed by atoms with Crippen LogP contribution in [0.2, 0.25) is 0 Å². The standard InChI is InChI=1S/C33H39OP/c1-26(20-21-32-27(2)24-28(34)25-33(32,3)4)22-23-35(29-14-8-5-9-15-29,30-16-10-6-11-17-30)31-18-12-7-13-19-31/h5-22,28,34-35H,23-25H2,1-4H3/b21-20+,26-22+/t28-/m1/s1. The molecule has 3 aromatic rings. The zero-order chi connectivity index (χ0) is 24.9. The van der Waals surface area contributed by atoms with E-state index in [1.54, 1.807) is 0 Å². The molecule has 2 heteroatoms. The molecule has 0 saturated carbocycles. The monoisotopic (exact) mass is 482 g/mol. The summed E-state index contributed by atoms with van der Waals surface area (Å²) in [4.78, 5) is 0. The van der Waals surface area contributed by atoms with Gasteiger partial charge in [-0.05, 0) is 0 Å². The SMILES string of the molecule is CC1=C(/C=C/C(C)=C/C[PH](c2ccccc2)(c2ccccc2)c2ccccc2)C(C)(C)C[C@H](O)C1. The summed E-state index contributed by atoms with van der Waals surface area (Å²) >= 11 is 0. The predicted molar refractivity (Wildman–Crippen MR) is 156 cm³/mol. The molecule has 0 aromatic heterocycles. The summed E-state index contributed by atoms with van der Waals surface area (Å²) < 4.78 is 0. The minimum atomic E-state index is -2.26. The number of aliphatic hydroxyl groups is 1. The molecule has 1 nitrogen and oxygen atoms in total. The molecule has 35 heavy (non-hydrogen) atoms. The first-order chi connectivity index (χ1) is 16.8. The molecular weight excluding hydrogens is 443 g/mol. The van der Waals surface area contributed by atoms with E-state index in [0.29, 0.717) is 0 Å². The maximum absolute atomic E-state index is 10.2. The van der Waals surface area contributed by atoms with Crippen LogP contribution in [0.15, 0.2) is 126 Å². The number of allylic oxidation sites excluding steroid dienone is 5. The van der Waals surface area contributed by atoms with E-state index in [0.717, 1.165) is 19.0 Å². The normalized spacial score (nSPS) is 19.2. The fourth-order valence-corrected chi connectivity index (χ4v) is 10.4. The van der Waals surface area contributed by atoms with E-state index < -0.39 is 7.26 Å². The van der Waals surface area contributed by atoms with Crippen molar-refractivity contribution in [2.45, 2.75) is 46.6 Å². The van der Waals surface area contributed by atoms with Crippen LogP contribution in [0.3, 0.4) is 0 Å². The van der Waals surface area contributed by atoms with Crippen molar-refractivity contribution in [2.75, 3.05) is 6.16 Å². The summed E-state index contributed by atoms with van der Waals surface area (Å²) in [6, 6.07) is 33.3. The Kier molecular flexibility index (Phi) is 7.90. The van der Waals surface area contributed by atoms with E-state index >= 15 is 0 Å². The van der Waals surface area contributed by atoms with Gasteiger partial charge in [-0.1, -0.05) is 0 Å². The van der Waals surface area contributed by atoms with Crippen LogP contribution in [0.25, 0.3) is 0 Å². The van der Waals surface area contributed by atoms with Crippen LogP contribution in [0.5, 0.6) is 0 Å². The third-order valence-corrected chi connectivity index (χ3v) is 12.3. The van der Waals surface area contributed by atoms with Crippen LogP contribution in [-0.4, -0.2) is 17.4 Å². The zero-order valence-electron chi connectivity index (χ0n) is 21.5. The first-order valence-electron chi connectivity index (χ1n) is 12.7. The molecule has 0 spiro atoms. The van der Waals surface area contributed by atoms with Crippen LogP contribution < -0.4 is 15.9 Å². The van der Waals surface area contributed by atoms with Crippen molar-refractivity contribution in [3.8, 4) is 0 Å². The van der Waals surface area contributed by atoms with Gasteiger partial charge in [-0.2, -0.15) is 0 Å². The van der Waals surface area contributed by atoms with Gasteiger partial charge >= 0.3 is 212 Å². The van der Waals surface area contributed by atoms with Crippen molar-refractivity contribution in [2.24, 2.45) is 5.41 Å². The Morgan fingerprint density at radius 1 is 0.857 bits per heavy atom. The van der Waals surface area contributed by atoms with Crippen molar-refractivity contribution in [3.63, 3.8) is 0 Å². The predicted octanol–water partition coefficient (Wildman–Crippen LogP) is 6.71. The van der Waals surface area contributed by atoms with E-state index in [1.807, 2.05) is 0 Å². The van der Waals surface area contributed by atoms with Gasteiger partial charge in [0, 0.05) is 0 Å². The number of hydrogen-bond donors (Lipinski definition) is 1. The van der Waals surface area contributed by atoms with Gasteiger partial charge < -0.3 is 0 Å². The van der Waals surface area contributed by atoms with Gasteiger partial charge in [-0.25, -0.2) is 0 Å². The molecule has 0 amide bonds. The Balaban J connectivity index is 1.76. The Morgan fingerprint density at radius 2 is 1.31 bits per heavy atom. The molecule has 0 aliphatic heterocycles. The van der Waals surface area contributed by atoms with E-state index in [4.69, 9.17) is 0 Å². The summed E-state index contributed by atoms with van der Waals surface area (Å²) in [6.07, 6.45) is 9.38. The fourth-order valence-electron chi connectivity index (χ4n) is 5.80. The van der Waals surface area contributed by atoms with Crippen molar-refractivity contribution in [3.05, 3.63) is 126 Å². The molecule has 0 fully saturated rings. The molecule has 0 heterocycles. The topological polar surface area (TPSA) is 20.2 Å². The van der Waals surface area contributed by atoms with Crippen LogP contribution in [0.1, 0.15) is 40.5 Å². The molecule has 0 saturated heterocycles.